The summed E-state index contributed by atoms with van der Waals surface area (Å²) in [6.45, 7) is 6.15. The van der Waals surface area contributed by atoms with Crippen molar-refractivity contribution in [1.82, 2.24) is 20.5 Å². The van der Waals surface area contributed by atoms with Crippen LogP contribution in [0, 0.1) is 11.7 Å². The van der Waals surface area contributed by atoms with E-state index in [0.717, 1.165) is 37.7 Å². The third-order valence-electron chi connectivity index (χ3n) is 7.41. The van der Waals surface area contributed by atoms with Crippen LogP contribution in [0.15, 0.2) is 42.7 Å². The molecule has 0 spiro atoms. The van der Waals surface area contributed by atoms with Crippen LogP contribution >= 0.6 is 0 Å². The summed E-state index contributed by atoms with van der Waals surface area (Å²) in [7, 11) is 1.72. The van der Waals surface area contributed by atoms with Gasteiger partial charge in [-0.2, -0.15) is 0 Å². The number of nitrogens with zero attached hydrogens (tertiary/aromatic N) is 2. The van der Waals surface area contributed by atoms with Gasteiger partial charge < -0.3 is 15.5 Å². The Kier molecular flexibility index (Phi) is 10.3. The van der Waals surface area contributed by atoms with Crippen LogP contribution in [0.25, 0.3) is 0 Å². The SMILES string of the molecule is CC[C@@H](c1cncc(C(=O)c2ccc(F)cc2)c1)N(CC)C(=O)[C@@H](NC(=O)C(C)NC)C1CCCCC1. The Morgan fingerprint density at radius 3 is 2.32 bits per heavy atom. The van der Waals surface area contributed by atoms with Gasteiger partial charge in [-0.05, 0) is 82.0 Å². The minimum atomic E-state index is -0.602. The smallest absolute Gasteiger partial charge is 0.245 e. The maximum Gasteiger partial charge on any atom is 0.245 e. The number of ketones is 1. The Morgan fingerprint density at radius 1 is 1.05 bits per heavy atom. The van der Waals surface area contributed by atoms with Crippen molar-refractivity contribution in [3.8, 4) is 0 Å². The molecule has 0 saturated heterocycles. The molecule has 37 heavy (non-hydrogen) atoms. The van der Waals surface area contributed by atoms with Crippen molar-refractivity contribution < 1.29 is 18.8 Å². The number of rotatable bonds is 11. The highest BCUT2D eigenvalue weighted by molar-refractivity contribution is 6.08. The van der Waals surface area contributed by atoms with Crippen LogP contribution < -0.4 is 10.6 Å². The van der Waals surface area contributed by atoms with E-state index in [1.165, 1.54) is 30.5 Å². The van der Waals surface area contributed by atoms with Gasteiger partial charge in [-0.3, -0.25) is 19.4 Å². The van der Waals surface area contributed by atoms with Crippen molar-refractivity contribution in [2.75, 3.05) is 13.6 Å². The molecule has 0 bridgehead atoms. The molecule has 0 radical (unpaired) electrons. The van der Waals surface area contributed by atoms with Crippen molar-refractivity contribution in [1.29, 1.82) is 0 Å². The summed E-state index contributed by atoms with van der Waals surface area (Å²) < 4.78 is 13.3. The van der Waals surface area contributed by atoms with E-state index in [-0.39, 0.29) is 29.6 Å². The van der Waals surface area contributed by atoms with Gasteiger partial charge in [0.25, 0.3) is 0 Å². The van der Waals surface area contributed by atoms with Crippen molar-refractivity contribution in [2.45, 2.75) is 77.4 Å². The van der Waals surface area contributed by atoms with Crippen molar-refractivity contribution in [2.24, 2.45) is 5.92 Å². The highest BCUT2D eigenvalue weighted by atomic mass is 19.1. The van der Waals surface area contributed by atoms with E-state index in [4.69, 9.17) is 0 Å². The molecular formula is C29H39FN4O3. The zero-order valence-electron chi connectivity index (χ0n) is 22.3. The van der Waals surface area contributed by atoms with Crippen molar-refractivity contribution in [3.63, 3.8) is 0 Å². The molecule has 8 heteroatoms. The Morgan fingerprint density at radius 2 is 1.73 bits per heavy atom. The summed E-state index contributed by atoms with van der Waals surface area (Å²) in [6.07, 6.45) is 8.85. The normalized spacial score (nSPS) is 16.5. The predicted octanol–water partition coefficient (Wildman–Crippen LogP) is 4.42. The second-order valence-electron chi connectivity index (χ2n) is 9.79. The maximum atomic E-state index is 14.0. The second-order valence-corrected chi connectivity index (χ2v) is 9.79. The molecule has 1 aromatic heterocycles. The average molecular weight is 511 g/mol. The molecule has 1 unspecified atom stereocenters. The molecule has 200 valence electrons. The van der Waals surface area contributed by atoms with Gasteiger partial charge in [0.05, 0.1) is 12.1 Å². The van der Waals surface area contributed by atoms with E-state index in [0.29, 0.717) is 24.1 Å². The first-order valence-electron chi connectivity index (χ1n) is 13.3. The molecule has 1 aliphatic carbocycles. The number of hydrogen-bond donors (Lipinski definition) is 2. The van der Waals surface area contributed by atoms with Crippen molar-refractivity contribution >= 4 is 17.6 Å². The minimum absolute atomic E-state index is 0.0883. The van der Waals surface area contributed by atoms with Gasteiger partial charge in [-0.1, -0.05) is 26.2 Å². The standard InChI is InChI=1S/C29H39FN4O3/c1-5-25(22-16-23(18-32-17-22)27(35)21-12-14-24(30)15-13-21)34(6-2)29(37)26(20-10-8-7-9-11-20)33-28(36)19(3)31-4/h12-20,25-26,31H,5-11H2,1-4H3,(H,33,36)/t19?,25-,26-/m0/s1. The molecule has 1 heterocycles. The monoisotopic (exact) mass is 510 g/mol. The van der Waals surface area contributed by atoms with Crippen LogP contribution in [0.4, 0.5) is 4.39 Å². The zero-order valence-corrected chi connectivity index (χ0v) is 22.3. The number of nitrogens with one attached hydrogen (secondary N) is 2. The molecule has 3 rings (SSSR count). The fourth-order valence-electron chi connectivity index (χ4n) is 5.13. The van der Waals surface area contributed by atoms with Gasteiger partial charge >= 0.3 is 0 Å². The van der Waals surface area contributed by atoms with E-state index >= 15 is 0 Å². The van der Waals surface area contributed by atoms with Gasteiger partial charge in [0.15, 0.2) is 5.78 Å². The number of carbonyl (C=O) groups is 3. The Labute approximate surface area is 219 Å². The number of likely N-dealkylation sites (N-methyl/N-ethyl adjacent to an activating group) is 2. The van der Waals surface area contributed by atoms with Crippen LogP contribution in [0.5, 0.6) is 0 Å². The summed E-state index contributed by atoms with van der Waals surface area (Å²) in [5.41, 5.74) is 1.50. The number of amides is 2. The lowest BCUT2D eigenvalue weighted by molar-refractivity contribution is -0.140. The summed E-state index contributed by atoms with van der Waals surface area (Å²) in [4.78, 5) is 46.0. The molecule has 1 saturated carbocycles. The van der Waals surface area contributed by atoms with Gasteiger partial charge in [0, 0.05) is 30.1 Å². The van der Waals surface area contributed by atoms with Crippen molar-refractivity contribution in [3.05, 3.63) is 65.2 Å². The van der Waals surface area contributed by atoms with Gasteiger partial charge in [-0.15, -0.1) is 0 Å². The van der Waals surface area contributed by atoms with Crippen LogP contribution in [0.1, 0.15) is 86.8 Å². The van der Waals surface area contributed by atoms with E-state index in [1.807, 2.05) is 13.8 Å². The number of hydrogen-bond acceptors (Lipinski definition) is 5. The third-order valence-corrected chi connectivity index (χ3v) is 7.41. The summed E-state index contributed by atoms with van der Waals surface area (Å²) >= 11 is 0. The van der Waals surface area contributed by atoms with Gasteiger partial charge in [0.1, 0.15) is 11.9 Å². The lowest BCUT2D eigenvalue weighted by atomic mass is 9.82. The molecule has 1 fully saturated rings. The molecule has 7 nitrogen and oxygen atoms in total. The molecule has 2 N–H and O–H groups in total. The molecular weight excluding hydrogens is 471 g/mol. The number of pyridine rings is 1. The van der Waals surface area contributed by atoms with Crippen LogP contribution in [-0.2, 0) is 9.59 Å². The predicted molar refractivity (Wildman–Crippen MR) is 142 cm³/mol. The lowest BCUT2D eigenvalue weighted by Crippen LogP contribution is -2.56. The Bertz CT molecular complexity index is 1070. The molecule has 2 amide bonds. The second kappa shape index (κ2) is 13.4. The largest absolute Gasteiger partial charge is 0.343 e. The van der Waals surface area contributed by atoms with Crippen LogP contribution in [-0.4, -0.2) is 53.2 Å². The quantitative estimate of drug-likeness (QED) is 0.437. The maximum absolute atomic E-state index is 14.0. The Hall–Kier alpha value is -3.13. The van der Waals surface area contributed by atoms with E-state index in [1.54, 1.807) is 31.1 Å². The molecule has 1 aromatic carbocycles. The zero-order chi connectivity index (χ0) is 26.9. The highest BCUT2D eigenvalue weighted by Crippen LogP contribution is 2.31. The highest BCUT2D eigenvalue weighted by Gasteiger charge is 2.36. The molecule has 1 aliphatic rings. The topological polar surface area (TPSA) is 91.4 Å². The van der Waals surface area contributed by atoms with E-state index in [9.17, 15) is 18.8 Å². The summed E-state index contributed by atoms with van der Waals surface area (Å²) in [5.74, 6) is -0.871. The Balaban J connectivity index is 1.89. The number of aromatic nitrogens is 1. The first-order chi connectivity index (χ1) is 17.8. The molecule has 0 aliphatic heterocycles. The van der Waals surface area contributed by atoms with Crippen LogP contribution in [0.2, 0.25) is 0 Å². The number of carbonyl (C=O) groups excluding carboxylic acids is 3. The van der Waals surface area contributed by atoms with E-state index < -0.39 is 17.9 Å². The number of benzene rings is 1. The fourth-order valence-corrected chi connectivity index (χ4v) is 5.13. The summed E-state index contributed by atoms with van der Waals surface area (Å²) in [5, 5.41) is 6.00. The molecule has 3 atom stereocenters. The lowest BCUT2D eigenvalue weighted by Gasteiger charge is -2.37. The minimum Gasteiger partial charge on any atom is -0.343 e. The average Bonchev–Trinajstić information content (AvgIpc) is 2.94. The third kappa shape index (κ3) is 7.01. The van der Waals surface area contributed by atoms with E-state index in [2.05, 4.69) is 15.6 Å². The van der Waals surface area contributed by atoms with Gasteiger partial charge in [-0.25, -0.2) is 4.39 Å². The number of halogens is 1. The first-order valence-corrected chi connectivity index (χ1v) is 13.3. The fraction of sp³-hybridized carbons (Fsp3) is 0.517. The van der Waals surface area contributed by atoms with Crippen LogP contribution in [0.3, 0.4) is 0 Å². The van der Waals surface area contributed by atoms with Gasteiger partial charge in [0.2, 0.25) is 11.8 Å². The molecule has 2 aromatic rings. The summed E-state index contributed by atoms with van der Waals surface area (Å²) in [6, 6.07) is 5.86. The first kappa shape index (κ1) is 28.4.